The van der Waals surface area contributed by atoms with Gasteiger partial charge in [-0.15, -0.1) is 11.6 Å². The Hall–Kier alpha value is -0.350. The summed E-state index contributed by atoms with van der Waals surface area (Å²) in [6.07, 6.45) is 4.41. The fourth-order valence-corrected chi connectivity index (χ4v) is 1.28. The summed E-state index contributed by atoms with van der Waals surface area (Å²) >= 11 is 9.15. The van der Waals surface area contributed by atoms with E-state index in [0.29, 0.717) is 0 Å². The summed E-state index contributed by atoms with van der Waals surface area (Å²) in [5, 5.41) is 0.188. The molecule has 0 saturated heterocycles. The smallest absolute Gasteiger partial charge is 0.225 e. The minimum absolute atomic E-state index is 0.188. The van der Waals surface area contributed by atoms with Crippen LogP contribution in [0.25, 0.3) is 0 Å². The molecule has 3 nitrogen and oxygen atoms in total. The highest BCUT2D eigenvalue weighted by molar-refractivity contribution is 9.10. The molecule has 1 unspecified atom stereocenters. The van der Waals surface area contributed by atoms with E-state index in [1.807, 2.05) is 18.9 Å². The Balaban J connectivity index is 2.52. The molecule has 1 atom stereocenters. The molecule has 0 aliphatic heterocycles. The summed E-state index contributed by atoms with van der Waals surface area (Å²) in [6.45, 7) is 2.85. The molecule has 0 aliphatic carbocycles. The van der Waals surface area contributed by atoms with E-state index in [9.17, 15) is 0 Å². The maximum absolute atomic E-state index is 5.86. The molecule has 78 valence electrons. The van der Waals surface area contributed by atoms with Gasteiger partial charge in [0.25, 0.3) is 0 Å². The van der Waals surface area contributed by atoms with Crippen molar-refractivity contribution in [2.75, 3.05) is 18.5 Å². The standard InChI is InChI=1S/C9H13BrClN3/c1-7(11)3-4-14(2)9-12-5-8(10)6-13-9/h5-7H,3-4H2,1-2H3. The molecular weight excluding hydrogens is 265 g/mol. The van der Waals surface area contributed by atoms with Crippen molar-refractivity contribution in [1.29, 1.82) is 0 Å². The number of rotatable bonds is 4. The second kappa shape index (κ2) is 5.51. The predicted octanol–water partition coefficient (Wildman–Crippen LogP) is 2.69. The van der Waals surface area contributed by atoms with Crippen LogP contribution in [0.5, 0.6) is 0 Å². The van der Waals surface area contributed by atoms with Crippen LogP contribution in [0.15, 0.2) is 16.9 Å². The first-order chi connectivity index (χ1) is 6.59. The molecule has 5 heteroatoms. The number of alkyl halides is 1. The van der Waals surface area contributed by atoms with Gasteiger partial charge in [0.15, 0.2) is 0 Å². The molecule has 0 aliphatic rings. The number of hydrogen-bond donors (Lipinski definition) is 0. The molecular formula is C9H13BrClN3. The third kappa shape index (κ3) is 3.80. The number of aromatic nitrogens is 2. The van der Waals surface area contributed by atoms with Crippen molar-refractivity contribution in [3.63, 3.8) is 0 Å². The molecule has 0 radical (unpaired) electrons. The van der Waals surface area contributed by atoms with Crippen molar-refractivity contribution >= 4 is 33.5 Å². The van der Waals surface area contributed by atoms with Gasteiger partial charge in [-0.1, -0.05) is 0 Å². The molecule has 1 aromatic heterocycles. The Morgan fingerprint density at radius 2 is 2.07 bits per heavy atom. The second-order valence-electron chi connectivity index (χ2n) is 3.19. The van der Waals surface area contributed by atoms with Crippen LogP contribution in [0.2, 0.25) is 0 Å². The summed E-state index contributed by atoms with van der Waals surface area (Å²) in [7, 11) is 1.96. The Bertz CT molecular complexity index is 276. The topological polar surface area (TPSA) is 29.0 Å². The normalized spacial score (nSPS) is 12.6. The zero-order valence-electron chi connectivity index (χ0n) is 8.24. The summed E-state index contributed by atoms with van der Waals surface area (Å²) < 4.78 is 0.889. The van der Waals surface area contributed by atoms with E-state index >= 15 is 0 Å². The van der Waals surface area contributed by atoms with Crippen LogP contribution in [0.3, 0.4) is 0 Å². The second-order valence-corrected chi connectivity index (χ2v) is 4.85. The van der Waals surface area contributed by atoms with E-state index in [2.05, 4.69) is 25.9 Å². The lowest BCUT2D eigenvalue weighted by Gasteiger charge is -2.17. The van der Waals surface area contributed by atoms with Gasteiger partial charge >= 0.3 is 0 Å². The van der Waals surface area contributed by atoms with E-state index in [4.69, 9.17) is 11.6 Å². The number of nitrogens with zero attached hydrogens (tertiary/aromatic N) is 3. The third-order valence-electron chi connectivity index (χ3n) is 1.81. The average molecular weight is 279 g/mol. The van der Waals surface area contributed by atoms with Gasteiger partial charge in [-0.05, 0) is 29.3 Å². The molecule has 1 heterocycles. The van der Waals surface area contributed by atoms with E-state index in [0.717, 1.165) is 23.4 Å². The lowest BCUT2D eigenvalue weighted by atomic mass is 10.3. The number of anilines is 1. The first-order valence-electron chi connectivity index (χ1n) is 4.42. The van der Waals surface area contributed by atoms with Gasteiger partial charge in [0.05, 0.1) is 4.47 Å². The molecule has 14 heavy (non-hydrogen) atoms. The van der Waals surface area contributed by atoms with E-state index in [1.165, 1.54) is 0 Å². The lowest BCUT2D eigenvalue weighted by Crippen LogP contribution is -2.22. The van der Waals surface area contributed by atoms with Gasteiger partial charge in [0.2, 0.25) is 5.95 Å². The molecule has 0 aromatic carbocycles. The van der Waals surface area contributed by atoms with Gasteiger partial charge in [-0.2, -0.15) is 0 Å². The molecule has 0 bridgehead atoms. The Kier molecular flexibility index (Phi) is 4.62. The summed E-state index contributed by atoms with van der Waals surface area (Å²) in [4.78, 5) is 10.4. The van der Waals surface area contributed by atoms with E-state index < -0.39 is 0 Å². The molecule has 0 spiro atoms. The third-order valence-corrected chi connectivity index (χ3v) is 2.44. The van der Waals surface area contributed by atoms with Crippen LogP contribution in [0, 0.1) is 0 Å². The fourth-order valence-electron chi connectivity index (χ4n) is 0.974. The quantitative estimate of drug-likeness (QED) is 0.793. The predicted molar refractivity (Wildman–Crippen MR) is 62.9 cm³/mol. The van der Waals surface area contributed by atoms with Crippen LogP contribution in [-0.4, -0.2) is 28.9 Å². The van der Waals surface area contributed by atoms with Gasteiger partial charge < -0.3 is 4.90 Å². The van der Waals surface area contributed by atoms with Crippen LogP contribution in [0.4, 0.5) is 5.95 Å². The van der Waals surface area contributed by atoms with E-state index in [1.54, 1.807) is 12.4 Å². The minimum atomic E-state index is 0.188. The van der Waals surface area contributed by atoms with Gasteiger partial charge in [0.1, 0.15) is 0 Å². The maximum Gasteiger partial charge on any atom is 0.225 e. The first kappa shape index (κ1) is 11.7. The molecule has 1 aromatic rings. The van der Waals surface area contributed by atoms with Crippen LogP contribution in [0.1, 0.15) is 13.3 Å². The molecule has 0 fully saturated rings. The monoisotopic (exact) mass is 277 g/mol. The molecule has 0 N–H and O–H groups in total. The largest absolute Gasteiger partial charge is 0.344 e. The van der Waals surface area contributed by atoms with Crippen LogP contribution in [-0.2, 0) is 0 Å². The lowest BCUT2D eigenvalue weighted by molar-refractivity contribution is 0.755. The van der Waals surface area contributed by atoms with Crippen molar-refractivity contribution in [3.8, 4) is 0 Å². The Morgan fingerprint density at radius 3 is 2.57 bits per heavy atom. The zero-order chi connectivity index (χ0) is 10.6. The SMILES string of the molecule is CC(Cl)CCN(C)c1ncc(Br)cn1. The van der Waals surface area contributed by atoms with Crippen LogP contribution >= 0.6 is 27.5 Å². The van der Waals surface area contributed by atoms with Crippen molar-refractivity contribution < 1.29 is 0 Å². The van der Waals surface area contributed by atoms with Crippen molar-refractivity contribution in [1.82, 2.24) is 9.97 Å². The van der Waals surface area contributed by atoms with Gasteiger partial charge in [-0.3, -0.25) is 0 Å². The Morgan fingerprint density at radius 1 is 1.50 bits per heavy atom. The fraction of sp³-hybridized carbons (Fsp3) is 0.556. The summed E-state index contributed by atoms with van der Waals surface area (Å²) in [5.74, 6) is 0.727. The molecule has 0 amide bonds. The highest BCUT2D eigenvalue weighted by Gasteiger charge is 2.05. The van der Waals surface area contributed by atoms with E-state index in [-0.39, 0.29) is 5.38 Å². The first-order valence-corrected chi connectivity index (χ1v) is 5.65. The Labute approximate surface area is 97.6 Å². The highest BCUT2D eigenvalue weighted by Crippen LogP contribution is 2.10. The maximum atomic E-state index is 5.86. The molecule has 0 saturated carbocycles. The highest BCUT2D eigenvalue weighted by atomic mass is 79.9. The van der Waals surface area contributed by atoms with Crippen molar-refractivity contribution in [2.24, 2.45) is 0 Å². The minimum Gasteiger partial charge on any atom is -0.344 e. The van der Waals surface area contributed by atoms with Gasteiger partial charge in [-0.25, -0.2) is 9.97 Å². The van der Waals surface area contributed by atoms with Gasteiger partial charge in [0, 0.05) is 31.4 Å². The van der Waals surface area contributed by atoms with Crippen molar-refractivity contribution in [3.05, 3.63) is 16.9 Å². The molecule has 1 rings (SSSR count). The summed E-state index contributed by atoms with van der Waals surface area (Å²) in [5.41, 5.74) is 0. The van der Waals surface area contributed by atoms with Crippen LogP contribution < -0.4 is 4.90 Å². The number of halogens is 2. The van der Waals surface area contributed by atoms with Crippen molar-refractivity contribution in [2.45, 2.75) is 18.7 Å². The summed E-state index contributed by atoms with van der Waals surface area (Å²) in [6, 6.07) is 0. The zero-order valence-corrected chi connectivity index (χ0v) is 10.6. The number of hydrogen-bond acceptors (Lipinski definition) is 3. The average Bonchev–Trinajstić information content (AvgIpc) is 2.15.